The number of anilines is 1. The number of nitrogens with one attached hydrogen (secondary N) is 1. The van der Waals surface area contributed by atoms with E-state index in [0.717, 1.165) is 0 Å². The van der Waals surface area contributed by atoms with Crippen LogP contribution < -0.4 is 4.72 Å². The van der Waals surface area contributed by atoms with E-state index in [1.54, 1.807) is 0 Å². The van der Waals surface area contributed by atoms with Crippen LogP contribution in [-0.2, 0) is 10.0 Å². The lowest BCUT2D eigenvalue weighted by Crippen LogP contribution is -2.16. The van der Waals surface area contributed by atoms with Gasteiger partial charge in [0.15, 0.2) is 0 Å². The molecule has 22 heavy (non-hydrogen) atoms. The van der Waals surface area contributed by atoms with E-state index in [4.69, 9.17) is 5.11 Å². The third-order valence-electron chi connectivity index (χ3n) is 2.88. The summed E-state index contributed by atoms with van der Waals surface area (Å²) >= 11 is 0. The Hall–Kier alpha value is -2.48. The lowest BCUT2D eigenvalue weighted by atomic mass is 10.1. The monoisotopic (exact) mass is 327 g/mol. The molecule has 0 aliphatic heterocycles. The minimum atomic E-state index is -4.32. The van der Waals surface area contributed by atoms with Gasteiger partial charge in [-0.2, -0.15) is 0 Å². The first-order chi connectivity index (χ1) is 10.2. The maximum atomic E-state index is 13.1. The van der Waals surface area contributed by atoms with E-state index in [9.17, 15) is 22.0 Å². The molecule has 0 radical (unpaired) electrons. The molecule has 0 aliphatic carbocycles. The Labute approximate surface area is 125 Å². The van der Waals surface area contributed by atoms with Crippen molar-refractivity contribution in [2.75, 3.05) is 4.72 Å². The van der Waals surface area contributed by atoms with Crippen LogP contribution in [0.15, 0.2) is 41.3 Å². The molecule has 0 heterocycles. The van der Waals surface area contributed by atoms with Gasteiger partial charge in [0.1, 0.15) is 11.6 Å². The smallest absolute Gasteiger partial charge is 0.338 e. The number of aromatic carboxylic acids is 1. The predicted molar refractivity (Wildman–Crippen MR) is 75.3 cm³/mol. The zero-order chi connectivity index (χ0) is 16.5. The number of hydrogen-bond donors (Lipinski definition) is 2. The number of carbonyl (C=O) groups is 1. The fraction of sp³-hybridized carbons (Fsp3) is 0.0714. The highest BCUT2D eigenvalue weighted by molar-refractivity contribution is 7.92. The van der Waals surface area contributed by atoms with Crippen LogP contribution in [-0.4, -0.2) is 19.5 Å². The molecule has 0 atom stereocenters. The molecule has 8 heteroatoms. The van der Waals surface area contributed by atoms with Crippen molar-refractivity contribution in [3.63, 3.8) is 0 Å². The normalized spacial score (nSPS) is 11.2. The van der Waals surface area contributed by atoms with Crippen molar-refractivity contribution in [1.82, 2.24) is 0 Å². The van der Waals surface area contributed by atoms with E-state index in [2.05, 4.69) is 0 Å². The van der Waals surface area contributed by atoms with E-state index in [1.807, 2.05) is 4.72 Å². The van der Waals surface area contributed by atoms with Gasteiger partial charge in [0, 0.05) is 6.07 Å². The minimum Gasteiger partial charge on any atom is -0.478 e. The Morgan fingerprint density at radius 2 is 1.73 bits per heavy atom. The van der Waals surface area contributed by atoms with E-state index < -0.39 is 32.5 Å². The summed E-state index contributed by atoms with van der Waals surface area (Å²) in [5.74, 6) is -3.42. The second-order valence-corrected chi connectivity index (χ2v) is 6.20. The third kappa shape index (κ3) is 3.22. The molecule has 116 valence electrons. The molecule has 0 fully saturated rings. The summed E-state index contributed by atoms with van der Waals surface area (Å²) in [6.45, 7) is 1.50. The van der Waals surface area contributed by atoms with Gasteiger partial charge in [-0.05, 0) is 30.7 Å². The van der Waals surface area contributed by atoms with Crippen LogP contribution in [0.3, 0.4) is 0 Å². The van der Waals surface area contributed by atoms with Crippen molar-refractivity contribution in [2.45, 2.75) is 11.8 Å². The molecule has 2 rings (SSSR count). The highest BCUT2D eigenvalue weighted by Gasteiger charge is 2.21. The summed E-state index contributed by atoms with van der Waals surface area (Å²) in [6, 6.07) is 6.04. The number of benzene rings is 2. The highest BCUT2D eigenvalue weighted by Crippen LogP contribution is 2.23. The molecule has 0 unspecified atom stereocenters. The van der Waals surface area contributed by atoms with Crippen molar-refractivity contribution in [2.24, 2.45) is 0 Å². The fourth-order valence-electron chi connectivity index (χ4n) is 1.92. The summed E-state index contributed by atoms with van der Waals surface area (Å²) in [7, 11) is -4.32. The Morgan fingerprint density at radius 3 is 2.27 bits per heavy atom. The van der Waals surface area contributed by atoms with Gasteiger partial charge in [-0.25, -0.2) is 22.0 Å². The Bertz CT molecular complexity index is 830. The predicted octanol–water partition coefficient (Wildman–Crippen LogP) is 2.77. The number of hydrogen-bond acceptors (Lipinski definition) is 3. The standard InChI is InChI=1S/C14H11F2NO4S/c1-8-3-2-4-12(13(8)14(18)19)17-22(20,21)11-6-9(15)5-10(16)7-11/h2-7,17H,1H3,(H,18,19). The van der Waals surface area contributed by atoms with Crippen molar-refractivity contribution in [3.05, 3.63) is 59.2 Å². The molecular weight excluding hydrogens is 316 g/mol. The fourth-order valence-corrected chi connectivity index (χ4v) is 3.04. The number of halogens is 2. The Morgan fingerprint density at radius 1 is 1.14 bits per heavy atom. The van der Waals surface area contributed by atoms with Gasteiger partial charge in [-0.15, -0.1) is 0 Å². The average Bonchev–Trinajstić information content (AvgIpc) is 2.36. The van der Waals surface area contributed by atoms with Crippen molar-refractivity contribution >= 4 is 21.7 Å². The first-order valence-electron chi connectivity index (χ1n) is 6.02. The van der Waals surface area contributed by atoms with Gasteiger partial charge < -0.3 is 5.11 Å². The molecule has 5 nitrogen and oxygen atoms in total. The second-order valence-electron chi connectivity index (χ2n) is 4.51. The number of aryl methyl sites for hydroxylation is 1. The van der Waals surface area contributed by atoms with Crippen LogP contribution in [0.2, 0.25) is 0 Å². The maximum absolute atomic E-state index is 13.1. The molecular formula is C14H11F2NO4S. The number of rotatable bonds is 4. The van der Waals surface area contributed by atoms with Crippen molar-refractivity contribution < 1.29 is 27.1 Å². The van der Waals surface area contributed by atoms with E-state index in [-0.39, 0.29) is 11.3 Å². The van der Waals surface area contributed by atoms with Crippen molar-refractivity contribution in [1.29, 1.82) is 0 Å². The van der Waals surface area contributed by atoms with Crippen LogP contribution in [0.25, 0.3) is 0 Å². The van der Waals surface area contributed by atoms with Crippen LogP contribution in [0.4, 0.5) is 14.5 Å². The Balaban J connectivity index is 2.50. The van der Waals surface area contributed by atoms with E-state index in [1.165, 1.54) is 25.1 Å². The largest absolute Gasteiger partial charge is 0.478 e. The van der Waals surface area contributed by atoms with Gasteiger partial charge in [-0.3, -0.25) is 4.72 Å². The van der Waals surface area contributed by atoms with Crippen LogP contribution in [0.5, 0.6) is 0 Å². The van der Waals surface area contributed by atoms with E-state index >= 15 is 0 Å². The Kier molecular flexibility index (Phi) is 4.14. The zero-order valence-electron chi connectivity index (χ0n) is 11.3. The van der Waals surface area contributed by atoms with Gasteiger partial charge >= 0.3 is 5.97 Å². The molecule has 0 saturated carbocycles. The molecule has 2 aromatic rings. The molecule has 0 aromatic heterocycles. The molecule has 0 amide bonds. The first-order valence-corrected chi connectivity index (χ1v) is 7.51. The third-order valence-corrected chi connectivity index (χ3v) is 4.22. The van der Waals surface area contributed by atoms with Crippen LogP contribution in [0, 0.1) is 18.6 Å². The lowest BCUT2D eigenvalue weighted by Gasteiger charge is -2.12. The first kappa shape index (κ1) is 15.9. The summed E-state index contributed by atoms with van der Waals surface area (Å²) in [4.78, 5) is 10.6. The quantitative estimate of drug-likeness (QED) is 0.904. The van der Waals surface area contributed by atoms with Gasteiger partial charge in [0.05, 0.1) is 16.1 Å². The van der Waals surface area contributed by atoms with Gasteiger partial charge in [0.25, 0.3) is 10.0 Å². The lowest BCUT2D eigenvalue weighted by molar-refractivity contribution is 0.0697. The molecule has 0 saturated heterocycles. The molecule has 0 bridgehead atoms. The molecule has 0 aliphatic rings. The summed E-state index contributed by atoms with van der Waals surface area (Å²) in [5.41, 5.74) is -0.0711. The minimum absolute atomic E-state index is 0.183. The molecule has 2 N–H and O–H groups in total. The maximum Gasteiger partial charge on any atom is 0.338 e. The van der Waals surface area contributed by atoms with Crippen molar-refractivity contribution in [3.8, 4) is 0 Å². The summed E-state index contributed by atoms with van der Waals surface area (Å²) in [5, 5.41) is 9.15. The average molecular weight is 327 g/mol. The topological polar surface area (TPSA) is 83.5 Å². The molecule has 0 spiro atoms. The number of sulfonamides is 1. The summed E-state index contributed by atoms with van der Waals surface area (Å²) < 4.78 is 52.6. The SMILES string of the molecule is Cc1cccc(NS(=O)(=O)c2cc(F)cc(F)c2)c1C(=O)O. The number of carboxylic acid groups (broad SMARTS) is 1. The molecule has 2 aromatic carbocycles. The van der Waals surface area contributed by atoms with Crippen LogP contribution in [0.1, 0.15) is 15.9 Å². The highest BCUT2D eigenvalue weighted by atomic mass is 32.2. The zero-order valence-corrected chi connectivity index (χ0v) is 12.1. The van der Waals surface area contributed by atoms with Gasteiger partial charge in [0.2, 0.25) is 0 Å². The number of carboxylic acids is 1. The van der Waals surface area contributed by atoms with Gasteiger partial charge in [-0.1, -0.05) is 12.1 Å². The summed E-state index contributed by atoms with van der Waals surface area (Å²) in [6.07, 6.45) is 0. The van der Waals surface area contributed by atoms with Crippen LogP contribution >= 0.6 is 0 Å². The second kappa shape index (κ2) is 5.72. The van der Waals surface area contributed by atoms with E-state index in [0.29, 0.717) is 23.8 Å².